The Morgan fingerprint density at radius 3 is 2.47 bits per heavy atom. The first-order chi connectivity index (χ1) is 18.4. The maximum atomic E-state index is 11.9. The molecule has 0 radical (unpaired) electrons. The maximum absolute atomic E-state index is 11.9. The summed E-state index contributed by atoms with van der Waals surface area (Å²) >= 11 is 13.4. The van der Waals surface area contributed by atoms with E-state index >= 15 is 0 Å². The van der Waals surface area contributed by atoms with Gasteiger partial charge in [-0.25, -0.2) is 4.98 Å². The minimum absolute atomic E-state index is 0.0127. The summed E-state index contributed by atoms with van der Waals surface area (Å²) in [6, 6.07) is 1.69. The van der Waals surface area contributed by atoms with Crippen molar-refractivity contribution in [1.82, 2.24) is 15.3 Å². The molecule has 2 aromatic rings. The molecule has 4 rings (SSSR count). The van der Waals surface area contributed by atoms with Crippen molar-refractivity contribution in [3.63, 3.8) is 0 Å². The number of benzene rings is 1. The van der Waals surface area contributed by atoms with E-state index in [0.29, 0.717) is 59.5 Å². The first-order valence-electron chi connectivity index (χ1n) is 12.5. The number of halogens is 2. The van der Waals surface area contributed by atoms with Gasteiger partial charge in [-0.3, -0.25) is 4.79 Å². The van der Waals surface area contributed by atoms with Crippen LogP contribution in [0.5, 0.6) is 11.5 Å². The lowest BCUT2D eigenvalue weighted by Crippen LogP contribution is -2.48. The lowest BCUT2D eigenvalue weighted by atomic mass is 9.90. The highest BCUT2D eigenvalue weighted by Gasteiger charge is 2.31. The van der Waals surface area contributed by atoms with E-state index in [1.807, 2.05) is 11.1 Å². The zero-order valence-corrected chi connectivity index (χ0v) is 23.4. The zero-order valence-electron chi connectivity index (χ0n) is 21.9. The van der Waals surface area contributed by atoms with Gasteiger partial charge >= 0.3 is 0 Å². The molecule has 1 aromatic carbocycles. The molecule has 1 aromatic heterocycles. The van der Waals surface area contributed by atoms with E-state index in [-0.39, 0.29) is 18.0 Å². The van der Waals surface area contributed by atoms with Crippen LogP contribution in [0.25, 0.3) is 0 Å². The number of fused-ring (bicyclic) bond motifs is 1. The third-order valence-electron chi connectivity index (χ3n) is 6.87. The van der Waals surface area contributed by atoms with Gasteiger partial charge in [-0.05, 0) is 18.9 Å². The van der Waals surface area contributed by atoms with Gasteiger partial charge < -0.3 is 34.6 Å². The monoisotopic (exact) mass is 564 g/mol. The van der Waals surface area contributed by atoms with Crippen LogP contribution in [0.4, 0.5) is 17.5 Å². The van der Waals surface area contributed by atoms with Gasteiger partial charge in [-0.15, -0.1) is 0 Å². The lowest BCUT2D eigenvalue weighted by molar-refractivity contribution is -0.117. The standard InChI is InChI=1S/C26H34Cl2N6O4/c1-5-21(35)30-17-8-6-7-9-18(17)31-26-29-13-16-14-34(15-33(10-11-36-2)25(16)32-26)24-22(27)19(37-3)12-20(38-4)23(24)28/h5,12-13,17-18H,1,6-11,14-15H2,2-4H3,(H,30,35)(H,29,31,32). The highest BCUT2D eigenvalue weighted by molar-refractivity contribution is 6.41. The van der Waals surface area contributed by atoms with Crippen molar-refractivity contribution in [2.24, 2.45) is 0 Å². The second-order valence-electron chi connectivity index (χ2n) is 9.25. The Labute approximate surface area is 233 Å². The molecule has 0 bridgehead atoms. The summed E-state index contributed by atoms with van der Waals surface area (Å²) < 4.78 is 16.3. The van der Waals surface area contributed by atoms with E-state index in [0.717, 1.165) is 37.1 Å². The molecule has 38 heavy (non-hydrogen) atoms. The molecule has 2 aliphatic rings. The third kappa shape index (κ3) is 6.03. The minimum Gasteiger partial charge on any atom is -0.495 e. The van der Waals surface area contributed by atoms with Crippen LogP contribution < -0.4 is 29.9 Å². The molecule has 2 atom stereocenters. The Morgan fingerprint density at radius 1 is 1.16 bits per heavy atom. The molecule has 12 heteroatoms. The molecular weight excluding hydrogens is 531 g/mol. The highest BCUT2D eigenvalue weighted by Crippen LogP contribution is 2.47. The van der Waals surface area contributed by atoms with Crippen molar-refractivity contribution in [1.29, 1.82) is 0 Å². The summed E-state index contributed by atoms with van der Waals surface area (Å²) in [5, 5.41) is 7.30. The molecule has 2 heterocycles. The maximum Gasteiger partial charge on any atom is 0.243 e. The number of carbonyl (C=O) groups is 1. The second kappa shape index (κ2) is 12.7. The molecule has 1 amide bonds. The molecule has 2 unspecified atom stereocenters. The zero-order chi connectivity index (χ0) is 27.2. The Morgan fingerprint density at radius 2 is 1.84 bits per heavy atom. The first-order valence-corrected chi connectivity index (χ1v) is 13.3. The van der Waals surface area contributed by atoms with Crippen LogP contribution in [0.15, 0.2) is 24.9 Å². The Kier molecular flexibility index (Phi) is 9.40. The predicted molar refractivity (Wildman–Crippen MR) is 150 cm³/mol. The summed E-state index contributed by atoms with van der Waals surface area (Å²) in [7, 11) is 4.77. The Hall–Kier alpha value is -2.95. The molecule has 1 aliphatic heterocycles. The van der Waals surface area contributed by atoms with Crippen LogP contribution in [-0.2, 0) is 16.1 Å². The number of ether oxygens (including phenoxy) is 3. The van der Waals surface area contributed by atoms with Crippen LogP contribution in [-0.4, -0.2) is 69.1 Å². The van der Waals surface area contributed by atoms with Gasteiger partial charge in [0.25, 0.3) is 0 Å². The predicted octanol–water partition coefficient (Wildman–Crippen LogP) is 4.26. The van der Waals surface area contributed by atoms with Crippen molar-refractivity contribution >= 4 is 46.6 Å². The number of carbonyl (C=O) groups excluding carboxylic acids is 1. The molecule has 0 spiro atoms. The molecule has 0 saturated heterocycles. The number of rotatable bonds is 10. The number of aromatic nitrogens is 2. The van der Waals surface area contributed by atoms with Gasteiger partial charge in [0.15, 0.2) is 0 Å². The first kappa shape index (κ1) is 28.1. The van der Waals surface area contributed by atoms with Gasteiger partial charge in [0.05, 0.1) is 33.2 Å². The average Bonchev–Trinajstić information content (AvgIpc) is 2.93. The van der Waals surface area contributed by atoms with E-state index in [9.17, 15) is 4.79 Å². The number of amides is 1. The van der Waals surface area contributed by atoms with E-state index in [2.05, 4.69) is 27.1 Å². The van der Waals surface area contributed by atoms with Crippen molar-refractivity contribution in [2.45, 2.75) is 44.3 Å². The molecule has 206 valence electrons. The number of nitrogens with zero attached hydrogens (tertiary/aromatic N) is 4. The van der Waals surface area contributed by atoms with E-state index < -0.39 is 0 Å². The van der Waals surface area contributed by atoms with E-state index in [1.165, 1.54) is 6.08 Å². The van der Waals surface area contributed by atoms with Gasteiger partial charge in [0.1, 0.15) is 27.4 Å². The molecule has 1 saturated carbocycles. The number of hydrogen-bond acceptors (Lipinski definition) is 9. The lowest BCUT2D eigenvalue weighted by Gasteiger charge is -2.39. The SMILES string of the molecule is C=CC(=O)NC1CCCCC1Nc1ncc2c(n1)N(CCOC)CN(c1c(Cl)c(OC)cc(OC)c1Cl)C2. The van der Waals surface area contributed by atoms with E-state index in [1.54, 1.807) is 27.4 Å². The summed E-state index contributed by atoms with van der Waals surface area (Å²) in [5.74, 6) is 2.09. The Balaban J connectivity index is 1.63. The van der Waals surface area contributed by atoms with Gasteiger partial charge in [-0.1, -0.05) is 42.6 Å². The van der Waals surface area contributed by atoms with Crippen LogP contribution in [0, 0.1) is 0 Å². The van der Waals surface area contributed by atoms with Gasteiger partial charge in [-0.2, -0.15) is 4.98 Å². The second-order valence-corrected chi connectivity index (χ2v) is 10.0. The van der Waals surface area contributed by atoms with Gasteiger partial charge in [0, 0.05) is 50.1 Å². The Bertz CT molecular complexity index is 1140. The highest BCUT2D eigenvalue weighted by atomic mass is 35.5. The summed E-state index contributed by atoms with van der Waals surface area (Å²) in [6.45, 7) is 5.60. The van der Waals surface area contributed by atoms with Crippen LogP contribution in [0.3, 0.4) is 0 Å². The smallest absolute Gasteiger partial charge is 0.243 e. The van der Waals surface area contributed by atoms with Crippen molar-refractivity contribution in [3.8, 4) is 11.5 Å². The molecule has 2 N–H and O–H groups in total. The van der Waals surface area contributed by atoms with Crippen molar-refractivity contribution in [3.05, 3.63) is 40.5 Å². The molecular formula is C26H34Cl2N6O4. The number of methoxy groups -OCH3 is 3. The van der Waals surface area contributed by atoms with Crippen LogP contribution in [0.1, 0.15) is 31.2 Å². The number of nitrogens with one attached hydrogen (secondary N) is 2. The van der Waals surface area contributed by atoms with Crippen molar-refractivity contribution < 1.29 is 19.0 Å². The summed E-state index contributed by atoms with van der Waals surface area (Å²) in [4.78, 5) is 25.6. The molecule has 10 nitrogen and oxygen atoms in total. The topological polar surface area (TPSA) is 101 Å². The number of hydrogen-bond donors (Lipinski definition) is 2. The van der Waals surface area contributed by atoms with E-state index in [4.69, 9.17) is 42.4 Å². The quantitative estimate of drug-likeness (QED) is 0.410. The minimum atomic E-state index is -0.174. The summed E-state index contributed by atoms with van der Waals surface area (Å²) in [6.07, 6.45) is 7.06. The third-order valence-corrected chi connectivity index (χ3v) is 7.60. The summed E-state index contributed by atoms with van der Waals surface area (Å²) in [5.41, 5.74) is 1.52. The fraction of sp³-hybridized carbons (Fsp3) is 0.500. The van der Waals surface area contributed by atoms with Gasteiger partial charge in [0.2, 0.25) is 11.9 Å². The fourth-order valence-corrected chi connectivity index (χ4v) is 5.68. The fourth-order valence-electron chi connectivity index (χ4n) is 4.94. The molecule has 1 fully saturated rings. The molecule has 1 aliphatic carbocycles. The average molecular weight is 566 g/mol. The number of anilines is 3. The van der Waals surface area contributed by atoms with Crippen molar-refractivity contribution in [2.75, 3.05) is 56.3 Å². The van der Waals surface area contributed by atoms with Crippen LogP contribution >= 0.6 is 23.2 Å². The largest absolute Gasteiger partial charge is 0.495 e. The normalized spacial score (nSPS) is 19.0. The van der Waals surface area contributed by atoms with Crippen LogP contribution in [0.2, 0.25) is 10.0 Å².